The number of fused-ring (bicyclic) bond motifs is 1. The maximum Gasteiger partial charge on any atom is 0.191 e. The Hall–Kier alpha value is -4.21. The van der Waals surface area contributed by atoms with Crippen LogP contribution in [0.25, 0.3) is 0 Å². The summed E-state index contributed by atoms with van der Waals surface area (Å²) in [6.45, 7) is 6.98. The highest BCUT2D eigenvalue weighted by Crippen LogP contribution is 2.58. The van der Waals surface area contributed by atoms with Crippen molar-refractivity contribution < 1.29 is 9.47 Å². The van der Waals surface area contributed by atoms with Gasteiger partial charge in [0.05, 0.1) is 30.5 Å². The highest BCUT2D eigenvalue weighted by molar-refractivity contribution is 5.60. The molecule has 0 radical (unpaired) electrons. The number of rotatable bonds is 5. The van der Waals surface area contributed by atoms with Crippen molar-refractivity contribution in [1.82, 2.24) is 0 Å². The van der Waals surface area contributed by atoms with Gasteiger partial charge in [0.1, 0.15) is 12.7 Å². The average molecular weight is 493 g/mol. The number of nitrogens with two attached hydrogens (primary N) is 1. The second kappa shape index (κ2) is 10.0. The van der Waals surface area contributed by atoms with Crippen LogP contribution < -0.4 is 15.2 Å². The fraction of sp³-hybridized carbons (Fsp3) is 0.387. The Morgan fingerprint density at radius 3 is 2.32 bits per heavy atom. The van der Waals surface area contributed by atoms with Crippen LogP contribution in [0.4, 0.5) is 0 Å². The molecule has 37 heavy (non-hydrogen) atoms. The van der Waals surface area contributed by atoms with Gasteiger partial charge in [0.25, 0.3) is 0 Å². The molecule has 2 aliphatic rings. The highest BCUT2D eigenvalue weighted by Gasteiger charge is 2.55. The Morgan fingerprint density at radius 1 is 1.03 bits per heavy atom. The van der Waals surface area contributed by atoms with Crippen molar-refractivity contribution in [3.63, 3.8) is 0 Å². The summed E-state index contributed by atoms with van der Waals surface area (Å²) in [6, 6.07) is 22.0. The summed E-state index contributed by atoms with van der Waals surface area (Å²) in [5.41, 5.74) is 7.76. The van der Waals surface area contributed by atoms with Crippen LogP contribution in [0.5, 0.6) is 11.5 Å². The monoisotopic (exact) mass is 492 g/mol. The summed E-state index contributed by atoms with van der Waals surface area (Å²) in [7, 11) is 1.57. The number of ether oxygens (including phenoxy) is 2. The van der Waals surface area contributed by atoms with Crippen molar-refractivity contribution in [2.24, 2.45) is 28.4 Å². The van der Waals surface area contributed by atoms with Crippen molar-refractivity contribution in [1.29, 1.82) is 15.8 Å². The van der Waals surface area contributed by atoms with E-state index in [1.807, 2.05) is 48.5 Å². The van der Waals surface area contributed by atoms with Gasteiger partial charge < -0.3 is 15.2 Å². The van der Waals surface area contributed by atoms with Crippen molar-refractivity contribution >= 4 is 0 Å². The SMILES string of the molecule is COc1cc(C2C3CC(C(C)(C)C)CC=C3C(C#N)=C(N)C2(C#N)C#N)ccc1OCc1ccccc1. The lowest BCUT2D eigenvalue weighted by Gasteiger charge is -2.47. The maximum atomic E-state index is 10.4. The van der Waals surface area contributed by atoms with E-state index in [0.717, 1.165) is 29.5 Å². The van der Waals surface area contributed by atoms with Crippen molar-refractivity contribution in [3.8, 4) is 29.7 Å². The van der Waals surface area contributed by atoms with E-state index in [9.17, 15) is 15.8 Å². The lowest BCUT2D eigenvalue weighted by atomic mass is 9.54. The molecular weight excluding hydrogens is 460 g/mol. The van der Waals surface area contributed by atoms with Crippen LogP contribution >= 0.6 is 0 Å². The van der Waals surface area contributed by atoms with E-state index in [0.29, 0.717) is 24.0 Å². The summed E-state index contributed by atoms with van der Waals surface area (Å²) >= 11 is 0. The Labute approximate surface area is 219 Å². The Morgan fingerprint density at radius 2 is 1.73 bits per heavy atom. The van der Waals surface area contributed by atoms with Gasteiger partial charge in [-0.3, -0.25) is 0 Å². The van der Waals surface area contributed by atoms with E-state index in [4.69, 9.17) is 15.2 Å². The summed E-state index contributed by atoms with van der Waals surface area (Å²) in [6.07, 6.45) is 3.66. The third-order valence-electron chi connectivity index (χ3n) is 7.89. The minimum Gasteiger partial charge on any atom is -0.493 e. The Kier molecular flexibility index (Phi) is 7.02. The summed E-state index contributed by atoms with van der Waals surface area (Å²) in [5, 5.41) is 30.8. The largest absolute Gasteiger partial charge is 0.493 e. The number of hydrogen-bond acceptors (Lipinski definition) is 6. The van der Waals surface area contributed by atoms with Gasteiger partial charge >= 0.3 is 0 Å². The van der Waals surface area contributed by atoms with Gasteiger partial charge in [-0.1, -0.05) is 63.2 Å². The van der Waals surface area contributed by atoms with Crippen LogP contribution in [-0.4, -0.2) is 7.11 Å². The molecule has 4 rings (SSSR count). The fourth-order valence-electron chi connectivity index (χ4n) is 5.71. The summed E-state index contributed by atoms with van der Waals surface area (Å²) in [5.74, 6) is 0.640. The lowest BCUT2D eigenvalue weighted by molar-refractivity contribution is 0.170. The van der Waals surface area contributed by atoms with Crippen LogP contribution in [0, 0.1) is 56.7 Å². The second-order valence-electron chi connectivity index (χ2n) is 10.9. The quantitative estimate of drug-likeness (QED) is 0.536. The fourth-order valence-corrected chi connectivity index (χ4v) is 5.71. The number of nitriles is 3. The predicted molar refractivity (Wildman–Crippen MR) is 141 cm³/mol. The second-order valence-corrected chi connectivity index (χ2v) is 10.9. The van der Waals surface area contributed by atoms with Gasteiger partial charge in [-0.25, -0.2) is 0 Å². The topological polar surface area (TPSA) is 116 Å². The molecule has 2 N–H and O–H groups in total. The minimum atomic E-state index is -1.68. The molecule has 0 aromatic heterocycles. The number of nitrogens with zero attached hydrogens (tertiary/aromatic N) is 3. The molecule has 0 saturated heterocycles. The van der Waals surface area contributed by atoms with E-state index in [1.54, 1.807) is 7.11 Å². The molecule has 0 amide bonds. The molecule has 0 spiro atoms. The predicted octanol–water partition coefficient (Wildman–Crippen LogP) is 6.14. The number of hydrogen-bond donors (Lipinski definition) is 1. The van der Waals surface area contributed by atoms with Crippen LogP contribution in [0.3, 0.4) is 0 Å². The van der Waals surface area contributed by atoms with E-state index >= 15 is 0 Å². The zero-order valence-corrected chi connectivity index (χ0v) is 21.8. The third kappa shape index (κ3) is 4.54. The molecule has 6 nitrogen and oxygen atoms in total. The summed E-state index contributed by atoms with van der Waals surface area (Å²) < 4.78 is 11.7. The molecule has 2 aliphatic carbocycles. The van der Waals surface area contributed by atoms with Crippen molar-refractivity contribution in [2.45, 2.75) is 46.1 Å². The molecule has 188 valence electrons. The first-order valence-electron chi connectivity index (χ1n) is 12.5. The van der Waals surface area contributed by atoms with E-state index in [-0.39, 0.29) is 22.6 Å². The summed E-state index contributed by atoms with van der Waals surface area (Å²) in [4.78, 5) is 0. The van der Waals surface area contributed by atoms with E-state index in [1.165, 1.54) is 0 Å². The van der Waals surface area contributed by atoms with E-state index < -0.39 is 11.3 Å². The van der Waals surface area contributed by atoms with Crippen molar-refractivity contribution in [3.05, 3.63) is 82.6 Å². The Balaban J connectivity index is 1.82. The first-order valence-corrected chi connectivity index (χ1v) is 12.5. The average Bonchev–Trinajstić information content (AvgIpc) is 2.91. The van der Waals surface area contributed by atoms with Crippen LogP contribution in [-0.2, 0) is 6.61 Å². The number of benzene rings is 2. The van der Waals surface area contributed by atoms with Gasteiger partial charge in [-0.2, -0.15) is 15.8 Å². The van der Waals surface area contributed by atoms with Crippen LogP contribution in [0.2, 0.25) is 0 Å². The molecule has 0 bridgehead atoms. The van der Waals surface area contributed by atoms with Gasteiger partial charge in [0, 0.05) is 5.92 Å². The zero-order valence-electron chi connectivity index (χ0n) is 21.8. The van der Waals surface area contributed by atoms with Gasteiger partial charge in [0.2, 0.25) is 0 Å². The molecule has 3 unspecified atom stereocenters. The van der Waals surface area contributed by atoms with Gasteiger partial charge in [-0.05, 0) is 58.9 Å². The van der Waals surface area contributed by atoms with Gasteiger partial charge in [0.15, 0.2) is 16.9 Å². The smallest absolute Gasteiger partial charge is 0.191 e. The molecule has 2 aromatic rings. The molecule has 6 heteroatoms. The molecule has 0 fully saturated rings. The van der Waals surface area contributed by atoms with Crippen LogP contribution in [0.15, 0.2) is 71.5 Å². The van der Waals surface area contributed by atoms with E-state index in [2.05, 4.69) is 45.1 Å². The molecular formula is C31H32N4O2. The normalized spacial score (nSPS) is 22.5. The lowest BCUT2D eigenvalue weighted by Crippen LogP contribution is -2.44. The first-order chi connectivity index (χ1) is 17.7. The maximum absolute atomic E-state index is 10.4. The molecule has 0 heterocycles. The highest BCUT2D eigenvalue weighted by atomic mass is 16.5. The standard InChI is InChI=1S/C31H32N4O2/c1-30(2,3)22-11-12-23-24(15-22)28(31(18-33,19-34)29(35)25(23)16-32)21-10-13-26(27(14-21)36-4)37-17-20-8-6-5-7-9-20/h5-10,12-14,22,24,28H,11,15,17,35H2,1-4H3. The molecule has 0 aliphatic heterocycles. The third-order valence-corrected chi connectivity index (χ3v) is 7.89. The number of allylic oxidation sites excluding steroid dienone is 4. The van der Waals surface area contributed by atoms with Gasteiger partial charge in [-0.15, -0.1) is 0 Å². The Bertz CT molecular complexity index is 1350. The minimum absolute atomic E-state index is 0.0286. The van der Waals surface area contributed by atoms with Crippen molar-refractivity contribution in [2.75, 3.05) is 7.11 Å². The molecule has 0 saturated carbocycles. The van der Waals surface area contributed by atoms with Crippen LogP contribution in [0.1, 0.15) is 50.7 Å². The molecule has 2 aromatic carbocycles. The number of methoxy groups -OCH3 is 1. The zero-order chi connectivity index (χ0) is 26.8. The molecule has 3 atom stereocenters. The first kappa shape index (κ1) is 25.9.